The van der Waals surface area contributed by atoms with Crippen molar-refractivity contribution in [3.63, 3.8) is 0 Å². The van der Waals surface area contributed by atoms with Gasteiger partial charge in [-0.1, -0.05) is 60.1 Å². The van der Waals surface area contributed by atoms with E-state index in [0.717, 1.165) is 11.1 Å². The summed E-state index contributed by atoms with van der Waals surface area (Å²) in [5.74, 6) is 0.145. The lowest BCUT2D eigenvalue weighted by Crippen LogP contribution is -2.87. The number of rotatable bonds is 7. The fourth-order valence-corrected chi connectivity index (χ4v) is 5.63. The van der Waals surface area contributed by atoms with Crippen LogP contribution in [-0.4, -0.2) is 43.3 Å². The summed E-state index contributed by atoms with van der Waals surface area (Å²) in [7, 11) is -3.07. The normalized spacial score (nSPS) is 19.3. The van der Waals surface area contributed by atoms with Gasteiger partial charge in [-0.2, -0.15) is 0 Å². The minimum Gasteiger partial charge on any atom is -0.332 e. The Labute approximate surface area is 171 Å². The number of carbonyl (C=O) groups is 1. The van der Waals surface area contributed by atoms with E-state index in [1.807, 2.05) is 66.8 Å². The lowest BCUT2D eigenvalue weighted by atomic mass is 10.1. The van der Waals surface area contributed by atoms with Crippen molar-refractivity contribution in [2.24, 2.45) is 0 Å². The molecule has 28 heavy (non-hydrogen) atoms. The first kappa shape index (κ1) is 20.8. The SMILES string of the molecule is C[C@@H]([NH2+]CC(=O)N(Cc1ccccc1)[C@H]1CCS(=O)(=O)C1)c1ccccc1Cl. The van der Waals surface area contributed by atoms with Gasteiger partial charge in [0.15, 0.2) is 16.4 Å². The van der Waals surface area contributed by atoms with Crippen LogP contribution in [0, 0.1) is 0 Å². The minimum absolute atomic E-state index is 0.0311. The third kappa shape index (κ3) is 5.34. The molecule has 1 fully saturated rings. The Balaban J connectivity index is 1.70. The molecule has 2 N–H and O–H groups in total. The number of hydrogen-bond acceptors (Lipinski definition) is 3. The van der Waals surface area contributed by atoms with Gasteiger partial charge in [0, 0.05) is 23.2 Å². The van der Waals surface area contributed by atoms with Crippen LogP contribution < -0.4 is 5.32 Å². The maximum absolute atomic E-state index is 13.0. The summed E-state index contributed by atoms with van der Waals surface area (Å²) in [5, 5.41) is 2.63. The van der Waals surface area contributed by atoms with Crippen LogP contribution in [0.4, 0.5) is 0 Å². The Bertz CT molecular complexity index is 918. The molecule has 0 unspecified atom stereocenters. The molecule has 0 radical (unpaired) electrons. The number of halogens is 1. The molecule has 0 bridgehead atoms. The van der Waals surface area contributed by atoms with Crippen molar-refractivity contribution in [1.29, 1.82) is 0 Å². The van der Waals surface area contributed by atoms with Crippen molar-refractivity contribution in [3.8, 4) is 0 Å². The quantitative estimate of drug-likeness (QED) is 0.744. The third-order valence-electron chi connectivity index (χ3n) is 5.21. The number of nitrogens with zero attached hydrogens (tertiary/aromatic N) is 1. The van der Waals surface area contributed by atoms with E-state index in [1.165, 1.54) is 0 Å². The number of sulfone groups is 1. The molecule has 0 aromatic heterocycles. The first-order valence-corrected chi connectivity index (χ1v) is 11.7. The maximum atomic E-state index is 13.0. The second kappa shape index (κ2) is 9.07. The molecule has 3 rings (SSSR count). The molecule has 1 heterocycles. The predicted molar refractivity (Wildman–Crippen MR) is 111 cm³/mol. The van der Waals surface area contributed by atoms with Crippen LogP contribution in [0.1, 0.15) is 30.5 Å². The van der Waals surface area contributed by atoms with Gasteiger partial charge >= 0.3 is 0 Å². The zero-order chi connectivity index (χ0) is 20.1. The van der Waals surface area contributed by atoms with Crippen molar-refractivity contribution >= 4 is 27.3 Å². The van der Waals surface area contributed by atoms with Crippen LogP contribution in [0.15, 0.2) is 54.6 Å². The number of benzene rings is 2. The van der Waals surface area contributed by atoms with E-state index >= 15 is 0 Å². The number of carbonyl (C=O) groups excluding carboxylic acids is 1. The number of amides is 1. The first-order valence-electron chi connectivity index (χ1n) is 9.47. The Morgan fingerprint density at radius 1 is 1.18 bits per heavy atom. The van der Waals surface area contributed by atoms with Gasteiger partial charge in [-0.05, 0) is 25.0 Å². The van der Waals surface area contributed by atoms with E-state index in [4.69, 9.17) is 11.6 Å². The molecule has 1 aliphatic heterocycles. The molecule has 0 aliphatic carbocycles. The zero-order valence-electron chi connectivity index (χ0n) is 15.9. The molecule has 2 aromatic carbocycles. The Morgan fingerprint density at radius 3 is 2.50 bits per heavy atom. The fraction of sp³-hybridized carbons (Fsp3) is 0.381. The molecule has 2 aromatic rings. The molecular weight excluding hydrogens is 396 g/mol. The third-order valence-corrected chi connectivity index (χ3v) is 7.30. The Hall–Kier alpha value is -1.89. The van der Waals surface area contributed by atoms with Crippen molar-refractivity contribution in [1.82, 2.24) is 4.90 Å². The summed E-state index contributed by atoms with van der Waals surface area (Å²) in [6, 6.07) is 17.1. The summed E-state index contributed by atoms with van der Waals surface area (Å²) >= 11 is 6.26. The summed E-state index contributed by atoms with van der Waals surface area (Å²) in [6.07, 6.45) is 0.501. The van der Waals surface area contributed by atoms with E-state index < -0.39 is 9.84 Å². The highest BCUT2D eigenvalue weighted by atomic mass is 35.5. The molecule has 0 saturated carbocycles. The topological polar surface area (TPSA) is 71.1 Å². The number of quaternary nitrogens is 1. The molecule has 1 saturated heterocycles. The smallest absolute Gasteiger partial charge is 0.278 e. The standard InChI is InChI=1S/C21H25ClN2O3S/c1-16(19-9-5-6-10-20(19)22)23-13-21(25)24(14-17-7-3-2-4-8-17)18-11-12-28(26,27)15-18/h2-10,16,18,23H,11-15H2,1H3/p+1/t16-,18+/m1/s1. The van der Waals surface area contributed by atoms with Gasteiger partial charge in [0.25, 0.3) is 5.91 Å². The molecule has 150 valence electrons. The molecule has 0 spiro atoms. The molecular formula is C21H26ClN2O3S+. The lowest BCUT2D eigenvalue weighted by Gasteiger charge is -2.28. The van der Waals surface area contributed by atoms with Crippen molar-refractivity contribution in [2.75, 3.05) is 18.1 Å². The van der Waals surface area contributed by atoms with Gasteiger partial charge in [0.2, 0.25) is 0 Å². The van der Waals surface area contributed by atoms with Crippen LogP contribution in [0.2, 0.25) is 5.02 Å². The summed E-state index contributed by atoms with van der Waals surface area (Å²) in [4.78, 5) is 14.8. The lowest BCUT2D eigenvalue weighted by molar-refractivity contribution is -0.683. The van der Waals surface area contributed by atoms with Crippen molar-refractivity contribution < 1.29 is 18.5 Å². The molecule has 1 aliphatic rings. The number of nitrogens with two attached hydrogens (primary N) is 1. The van der Waals surface area contributed by atoms with Crippen LogP contribution in [0.3, 0.4) is 0 Å². The second-order valence-corrected chi connectivity index (χ2v) is 9.95. The second-order valence-electron chi connectivity index (χ2n) is 7.31. The fourth-order valence-electron chi connectivity index (χ4n) is 3.59. The van der Waals surface area contributed by atoms with Gasteiger partial charge in [-0.25, -0.2) is 8.42 Å². The molecule has 5 nitrogen and oxygen atoms in total. The van der Waals surface area contributed by atoms with Gasteiger partial charge in [-0.15, -0.1) is 0 Å². The van der Waals surface area contributed by atoms with Gasteiger partial charge in [0.1, 0.15) is 6.04 Å². The van der Waals surface area contributed by atoms with E-state index in [0.29, 0.717) is 18.0 Å². The summed E-state index contributed by atoms with van der Waals surface area (Å²) in [5.41, 5.74) is 1.98. The average Bonchev–Trinajstić information content (AvgIpc) is 3.04. The highest BCUT2D eigenvalue weighted by molar-refractivity contribution is 7.91. The number of hydrogen-bond donors (Lipinski definition) is 1. The Kier molecular flexibility index (Phi) is 6.75. The van der Waals surface area contributed by atoms with E-state index in [2.05, 4.69) is 0 Å². The van der Waals surface area contributed by atoms with Crippen LogP contribution in [0.25, 0.3) is 0 Å². The summed E-state index contributed by atoms with van der Waals surface area (Å²) in [6.45, 7) is 2.68. The van der Waals surface area contributed by atoms with E-state index in [1.54, 1.807) is 4.90 Å². The van der Waals surface area contributed by atoms with Gasteiger partial charge in [0.05, 0.1) is 11.5 Å². The van der Waals surface area contributed by atoms with Gasteiger partial charge < -0.3 is 10.2 Å². The summed E-state index contributed by atoms with van der Waals surface area (Å²) < 4.78 is 23.9. The first-order chi connectivity index (χ1) is 13.4. The zero-order valence-corrected chi connectivity index (χ0v) is 17.5. The Morgan fingerprint density at radius 2 is 1.86 bits per heavy atom. The monoisotopic (exact) mass is 421 g/mol. The largest absolute Gasteiger partial charge is 0.332 e. The molecule has 2 atom stereocenters. The van der Waals surface area contributed by atoms with E-state index in [9.17, 15) is 13.2 Å². The van der Waals surface area contributed by atoms with E-state index in [-0.39, 0.29) is 36.0 Å². The average molecular weight is 422 g/mol. The molecule has 1 amide bonds. The highest BCUT2D eigenvalue weighted by Crippen LogP contribution is 2.21. The highest BCUT2D eigenvalue weighted by Gasteiger charge is 2.35. The van der Waals surface area contributed by atoms with Crippen LogP contribution in [0.5, 0.6) is 0 Å². The van der Waals surface area contributed by atoms with Crippen LogP contribution in [-0.2, 0) is 21.2 Å². The van der Waals surface area contributed by atoms with Crippen molar-refractivity contribution in [3.05, 3.63) is 70.7 Å². The van der Waals surface area contributed by atoms with Crippen molar-refractivity contribution in [2.45, 2.75) is 32.0 Å². The van der Waals surface area contributed by atoms with Crippen LogP contribution >= 0.6 is 11.6 Å². The van der Waals surface area contributed by atoms with Gasteiger partial charge in [-0.3, -0.25) is 4.79 Å². The minimum atomic E-state index is -3.07. The maximum Gasteiger partial charge on any atom is 0.278 e. The molecule has 7 heteroatoms. The predicted octanol–water partition coefficient (Wildman–Crippen LogP) is 2.18.